The molecule has 0 spiro atoms. The van der Waals surface area contributed by atoms with Crippen molar-refractivity contribution in [3.05, 3.63) is 29.3 Å². The second-order valence-electron chi connectivity index (χ2n) is 6.29. The van der Waals surface area contributed by atoms with E-state index in [4.69, 9.17) is 0 Å². The van der Waals surface area contributed by atoms with Crippen LogP contribution in [0.2, 0.25) is 0 Å². The number of hydrogen-bond acceptors (Lipinski definition) is 1. The normalized spacial score (nSPS) is 15.7. The second-order valence-corrected chi connectivity index (χ2v) is 6.29. The Labute approximate surface area is 169 Å². The van der Waals surface area contributed by atoms with Crippen molar-refractivity contribution >= 4 is 5.69 Å². The van der Waals surface area contributed by atoms with E-state index in [9.17, 15) is 79.0 Å². The van der Waals surface area contributed by atoms with Crippen molar-refractivity contribution in [3.8, 4) is 0 Å². The predicted molar refractivity (Wildman–Crippen MR) is 70.5 cm³/mol. The molecule has 1 nitrogen and oxygen atoms in total. The van der Waals surface area contributed by atoms with E-state index < -0.39 is 82.9 Å². The highest BCUT2D eigenvalue weighted by Crippen LogP contribution is 2.59. The van der Waals surface area contributed by atoms with Gasteiger partial charge in [-0.3, -0.25) is 0 Å². The van der Waals surface area contributed by atoms with Gasteiger partial charge in [0.25, 0.3) is 0 Å². The fourth-order valence-electron chi connectivity index (χ4n) is 2.13. The van der Waals surface area contributed by atoms with Crippen LogP contribution in [0.3, 0.4) is 0 Å². The minimum Gasteiger partial charge on any atom is -0.399 e. The Kier molecular flexibility index (Phi) is 6.44. The van der Waals surface area contributed by atoms with E-state index in [1.165, 1.54) is 0 Å². The summed E-state index contributed by atoms with van der Waals surface area (Å²) in [4.78, 5) is 0. The summed E-state index contributed by atoms with van der Waals surface area (Å²) in [5.74, 6) is -43.9. The van der Waals surface area contributed by atoms with E-state index in [0.717, 1.165) is 0 Å². The number of anilines is 1. The maximum Gasteiger partial charge on any atom is 0.460 e. The molecule has 0 saturated carbocycles. The lowest BCUT2D eigenvalue weighted by molar-refractivity contribution is -0.400. The molecule has 0 amide bonds. The lowest BCUT2D eigenvalue weighted by Crippen LogP contribution is -2.60. The molecule has 0 atom stereocenters. The summed E-state index contributed by atoms with van der Waals surface area (Å²) in [6.07, 6.45) is -14.8. The maximum absolute atomic E-state index is 13.9. The molecule has 1 rings (SSSR count). The number of rotatable bonds is 6. The second kappa shape index (κ2) is 7.38. The smallest absolute Gasteiger partial charge is 0.399 e. The molecule has 192 valence electrons. The number of halogens is 18. The Morgan fingerprint density at radius 3 is 0.848 bits per heavy atom. The van der Waals surface area contributed by atoms with Crippen LogP contribution in [-0.4, -0.2) is 36.0 Å². The van der Waals surface area contributed by atoms with Crippen LogP contribution in [0, 0.1) is 0 Å². The molecule has 0 saturated heterocycles. The molecule has 0 radical (unpaired) electrons. The third kappa shape index (κ3) is 4.00. The highest BCUT2D eigenvalue weighted by molar-refractivity contribution is 5.48. The van der Waals surface area contributed by atoms with Crippen molar-refractivity contribution in [2.24, 2.45) is 0 Å². The van der Waals surface area contributed by atoms with E-state index in [1.54, 1.807) is 0 Å². The van der Waals surface area contributed by atoms with Crippen LogP contribution in [0.15, 0.2) is 18.2 Å². The zero-order chi connectivity index (χ0) is 26.9. The predicted octanol–water partition coefficient (Wildman–Crippen LogP) is 7.12. The van der Waals surface area contributed by atoms with Crippen LogP contribution in [0.1, 0.15) is 11.1 Å². The van der Waals surface area contributed by atoms with Crippen molar-refractivity contribution in [3.63, 3.8) is 0 Å². The van der Waals surface area contributed by atoms with Gasteiger partial charge in [0, 0.05) is 16.8 Å². The first-order chi connectivity index (χ1) is 14.1. The molecule has 0 aliphatic heterocycles. The summed E-state index contributed by atoms with van der Waals surface area (Å²) in [7, 11) is 0. The topological polar surface area (TPSA) is 26.0 Å². The van der Waals surface area contributed by atoms with Gasteiger partial charge in [-0.1, -0.05) is 0 Å². The van der Waals surface area contributed by atoms with Crippen LogP contribution < -0.4 is 5.73 Å². The van der Waals surface area contributed by atoms with E-state index >= 15 is 0 Å². The largest absolute Gasteiger partial charge is 0.460 e. The highest BCUT2D eigenvalue weighted by atomic mass is 19.4. The molecule has 0 fully saturated rings. The molecule has 33 heavy (non-hydrogen) atoms. The Bertz CT molecular complexity index is 809. The number of nitrogen functional groups attached to an aromatic ring is 1. The molecular formula is C14H5F18N. The lowest BCUT2D eigenvalue weighted by atomic mass is 9.91. The summed E-state index contributed by atoms with van der Waals surface area (Å²) >= 11 is 0. The van der Waals surface area contributed by atoms with Gasteiger partial charge < -0.3 is 5.73 Å². The van der Waals surface area contributed by atoms with Crippen molar-refractivity contribution in [1.82, 2.24) is 0 Å². The standard InChI is InChI=1S/C14H5F18N/c15-7(16,9(19,20)11(23,24)13(27,28)29)4-1-5(3-6(33)2-4)8(17,18)10(21,22)12(25,26)14(30,31)32/h1-3H,33H2. The first-order valence-corrected chi connectivity index (χ1v) is 7.42. The molecule has 2 N–H and O–H groups in total. The summed E-state index contributed by atoms with van der Waals surface area (Å²) in [6.45, 7) is 0. The Morgan fingerprint density at radius 1 is 0.394 bits per heavy atom. The monoisotopic (exact) mass is 529 g/mol. The average molecular weight is 529 g/mol. The number of hydrogen-bond donors (Lipinski definition) is 1. The molecular weight excluding hydrogens is 524 g/mol. The Morgan fingerprint density at radius 2 is 0.636 bits per heavy atom. The van der Waals surface area contributed by atoms with Crippen LogP contribution in [0.5, 0.6) is 0 Å². The fourth-order valence-corrected chi connectivity index (χ4v) is 2.13. The van der Waals surface area contributed by atoms with Gasteiger partial charge >= 0.3 is 47.9 Å². The summed E-state index contributed by atoms with van der Waals surface area (Å²) in [6, 6.07) is -2.78. The van der Waals surface area contributed by atoms with Gasteiger partial charge in [-0.2, -0.15) is 79.0 Å². The summed E-state index contributed by atoms with van der Waals surface area (Å²) in [5, 5.41) is 0. The van der Waals surface area contributed by atoms with E-state index in [2.05, 4.69) is 5.73 Å². The molecule has 0 unspecified atom stereocenters. The van der Waals surface area contributed by atoms with Gasteiger partial charge in [-0.15, -0.1) is 0 Å². The lowest BCUT2D eigenvalue weighted by Gasteiger charge is -2.35. The van der Waals surface area contributed by atoms with Gasteiger partial charge in [0.15, 0.2) is 0 Å². The van der Waals surface area contributed by atoms with Crippen molar-refractivity contribution in [1.29, 1.82) is 0 Å². The first-order valence-electron chi connectivity index (χ1n) is 7.42. The first kappa shape index (κ1) is 28.8. The molecule has 1 aromatic carbocycles. The van der Waals surface area contributed by atoms with E-state index in [-0.39, 0.29) is 0 Å². The van der Waals surface area contributed by atoms with Gasteiger partial charge in [-0.25, -0.2) is 0 Å². The number of nitrogens with two attached hydrogens (primary N) is 1. The highest BCUT2D eigenvalue weighted by Gasteiger charge is 2.83. The Hall–Kier alpha value is -2.24. The quantitative estimate of drug-likeness (QED) is 0.309. The Balaban J connectivity index is 3.80. The van der Waals surface area contributed by atoms with Crippen LogP contribution in [0.25, 0.3) is 0 Å². The fraction of sp³-hybridized carbons (Fsp3) is 0.571. The molecule has 0 aliphatic rings. The van der Waals surface area contributed by atoms with E-state index in [1.807, 2.05) is 0 Å². The zero-order valence-electron chi connectivity index (χ0n) is 14.6. The maximum atomic E-state index is 13.9. The molecule has 1 aromatic rings. The summed E-state index contributed by atoms with van der Waals surface area (Å²) in [5.41, 5.74) is -3.27. The summed E-state index contributed by atoms with van der Waals surface area (Å²) < 4.78 is 234. The van der Waals surface area contributed by atoms with Gasteiger partial charge in [0.2, 0.25) is 0 Å². The van der Waals surface area contributed by atoms with Gasteiger partial charge in [0.05, 0.1) is 0 Å². The van der Waals surface area contributed by atoms with E-state index in [0.29, 0.717) is 0 Å². The van der Waals surface area contributed by atoms with Crippen LogP contribution >= 0.6 is 0 Å². The SMILES string of the molecule is Nc1cc(C(F)(F)C(F)(F)C(F)(F)C(F)(F)F)cc(C(F)(F)C(F)(F)C(F)(F)C(F)(F)F)c1. The van der Waals surface area contributed by atoms with Crippen LogP contribution in [0.4, 0.5) is 84.7 Å². The molecule has 0 aromatic heterocycles. The minimum absolute atomic E-state index is 0.694. The number of benzene rings is 1. The van der Waals surface area contributed by atoms with Gasteiger partial charge in [0.1, 0.15) is 0 Å². The molecule has 0 heterocycles. The zero-order valence-corrected chi connectivity index (χ0v) is 14.6. The van der Waals surface area contributed by atoms with Crippen molar-refractivity contribution < 1.29 is 79.0 Å². The molecule has 0 bridgehead atoms. The minimum atomic E-state index is -7.58. The van der Waals surface area contributed by atoms with Crippen molar-refractivity contribution in [2.75, 3.05) is 5.73 Å². The molecule has 19 heteroatoms. The third-order valence-electron chi connectivity index (χ3n) is 3.97. The van der Waals surface area contributed by atoms with Gasteiger partial charge in [-0.05, 0) is 18.2 Å². The third-order valence-corrected chi connectivity index (χ3v) is 3.97. The van der Waals surface area contributed by atoms with Crippen LogP contribution in [-0.2, 0) is 11.8 Å². The number of alkyl halides is 18. The van der Waals surface area contributed by atoms with Crippen molar-refractivity contribution in [2.45, 2.75) is 47.9 Å². The average Bonchev–Trinajstić information content (AvgIpc) is 2.58. The molecule has 0 aliphatic carbocycles.